The van der Waals surface area contributed by atoms with E-state index in [2.05, 4.69) is 34.6 Å². The summed E-state index contributed by atoms with van der Waals surface area (Å²) in [6.07, 6.45) is 2.05. The van der Waals surface area contributed by atoms with Gasteiger partial charge in [0.15, 0.2) is 0 Å². The Labute approximate surface area is 130 Å². The molecule has 2 aliphatic heterocycles. The summed E-state index contributed by atoms with van der Waals surface area (Å²) in [5.41, 5.74) is 2.23. The summed E-state index contributed by atoms with van der Waals surface area (Å²) in [7, 11) is 1.93. The number of piperidine rings is 1. The quantitative estimate of drug-likeness (QED) is 0.901. The van der Waals surface area contributed by atoms with E-state index in [4.69, 9.17) is 11.6 Å². The van der Waals surface area contributed by atoms with Gasteiger partial charge in [-0.05, 0) is 44.5 Å². The molecular formula is C16H22ClN3O. The van der Waals surface area contributed by atoms with E-state index in [1.807, 2.05) is 13.1 Å². The minimum absolute atomic E-state index is 0.133. The Bertz CT molecular complexity index is 548. The first-order valence-corrected chi connectivity index (χ1v) is 8.00. The van der Waals surface area contributed by atoms with E-state index < -0.39 is 0 Å². The van der Waals surface area contributed by atoms with Crippen molar-refractivity contribution in [2.45, 2.75) is 31.8 Å². The lowest BCUT2D eigenvalue weighted by atomic mass is 9.91. The normalized spacial score (nSPS) is 26.4. The Hall–Kier alpha value is -1.26. The molecule has 1 amide bonds. The van der Waals surface area contributed by atoms with Crippen LogP contribution in [0.3, 0.4) is 0 Å². The lowest BCUT2D eigenvalue weighted by Crippen LogP contribution is -2.45. The van der Waals surface area contributed by atoms with Gasteiger partial charge < -0.3 is 15.5 Å². The fourth-order valence-corrected chi connectivity index (χ4v) is 3.81. The second-order valence-corrected chi connectivity index (χ2v) is 6.38. The van der Waals surface area contributed by atoms with Crippen molar-refractivity contribution in [1.82, 2.24) is 10.6 Å². The van der Waals surface area contributed by atoms with Crippen molar-refractivity contribution in [3.8, 4) is 0 Å². The number of anilines is 1. The van der Waals surface area contributed by atoms with Crippen LogP contribution < -0.4 is 15.5 Å². The number of amides is 1. The number of nitrogens with zero attached hydrogens (tertiary/aromatic N) is 1. The Morgan fingerprint density at radius 3 is 3.00 bits per heavy atom. The molecule has 0 bridgehead atoms. The van der Waals surface area contributed by atoms with Crippen LogP contribution in [0.4, 0.5) is 5.69 Å². The highest BCUT2D eigenvalue weighted by Crippen LogP contribution is 2.34. The van der Waals surface area contributed by atoms with E-state index in [1.54, 1.807) is 0 Å². The van der Waals surface area contributed by atoms with Gasteiger partial charge >= 0.3 is 0 Å². The molecule has 0 radical (unpaired) electrons. The highest BCUT2D eigenvalue weighted by atomic mass is 35.5. The zero-order valence-corrected chi connectivity index (χ0v) is 13.3. The van der Waals surface area contributed by atoms with Crippen LogP contribution in [0, 0.1) is 5.92 Å². The highest BCUT2D eigenvalue weighted by molar-refractivity contribution is 6.31. The molecule has 3 atom stereocenters. The first-order valence-electron chi connectivity index (χ1n) is 7.63. The fourth-order valence-electron chi connectivity index (χ4n) is 3.47. The minimum Gasteiger partial charge on any atom is -0.366 e. The first kappa shape index (κ1) is 14.7. The van der Waals surface area contributed by atoms with Gasteiger partial charge in [0.05, 0.1) is 12.0 Å². The summed E-state index contributed by atoms with van der Waals surface area (Å²) in [6, 6.07) is 6.76. The zero-order chi connectivity index (χ0) is 15.0. The predicted molar refractivity (Wildman–Crippen MR) is 85.8 cm³/mol. The Balaban J connectivity index is 1.86. The maximum absolute atomic E-state index is 11.9. The first-order chi connectivity index (χ1) is 10.1. The van der Waals surface area contributed by atoms with Crippen molar-refractivity contribution in [3.63, 3.8) is 0 Å². The van der Waals surface area contributed by atoms with E-state index in [1.165, 1.54) is 0 Å². The molecule has 3 rings (SSSR count). The molecule has 1 aromatic rings. The van der Waals surface area contributed by atoms with Crippen LogP contribution in [-0.2, 0) is 4.79 Å². The number of carbonyl (C=O) groups is 1. The number of hydrogen-bond donors (Lipinski definition) is 2. The standard InChI is InChI=1S/C16H22ClN3O/c1-10(18-2)12-6-5-11(8-14(12)17)20-7-3-4-13-15(20)9-19-16(13)21/h5-6,8,10,13,15,18H,3-4,7,9H2,1-2H3,(H,19,21). The van der Waals surface area contributed by atoms with Gasteiger partial charge in [-0.2, -0.15) is 0 Å². The second-order valence-electron chi connectivity index (χ2n) is 5.97. The van der Waals surface area contributed by atoms with Crippen molar-refractivity contribution in [2.24, 2.45) is 5.92 Å². The van der Waals surface area contributed by atoms with Crippen molar-refractivity contribution >= 4 is 23.2 Å². The Morgan fingerprint density at radius 1 is 1.48 bits per heavy atom. The molecule has 5 heteroatoms. The molecule has 1 aromatic carbocycles. The van der Waals surface area contributed by atoms with E-state index in [0.717, 1.165) is 42.2 Å². The van der Waals surface area contributed by atoms with Crippen LogP contribution in [0.5, 0.6) is 0 Å². The molecule has 0 aliphatic carbocycles. The topological polar surface area (TPSA) is 44.4 Å². The molecular weight excluding hydrogens is 286 g/mol. The van der Waals surface area contributed by atoms with Crippen LogP contribution in [0.15, 0.2) is 18.2 Å². The third-order valence-corrected chi connectivity index (χ3v) is 5.14. The van der Waals surface area contributed by atoms with Crippen LogP contribution in [0.25, 0.3) is 0 Å². The molecule has 0 saturated carbocycles. The van der Waals surface area contributed by atoms with Gasteiger partial charge in [0.2, 0.25) is 5.91 Å². The van der Waals surface area contributed by atoms with Crippen LogP contribution >= 0.6 is 11.6 Å². The summed E-state index contributed by atoms with van der Waals surface area (Å²) in [4.78, 5) is 14.2. The molecule has 2 saturated heterocycles. The van der Waals surface area contributed by atoms with Crippen LogP contribution in [0.1, 0.15) is 31.4 Å². The molecule has 114 valence electrons. The molecule has 4 nitrogen and oxygen atoms in total. The smallest absolute Gasteiger partial charge is 0.225 e. The average molecular weight is 308 g/mol. The van der Waals surface area contributed by atoms with Crippen LogP contribution in [0.2, 0.25) is 5.02 Å². The predicted octanol–water partition coefficient (Wildman–Crippen LogP) is 2.34. The van der Waals surface area contributed by atoms with E-state index in [-0.39, 0.29) is 23.9 Å². The lowest BCUT2D eigenvalue weighted by molar-refractivity contribution is -0.122. The van der Waals surface area contributed by atoms with Crippen molar-refractivity contribution < 1.29 is 4.79 Å². The Morgan fingerprint density at radius 2 is 2.29 bits per heavy atom. The molecule has 2 fully saturated rings. The number of hydrogen-bond acceptors (Lipinski definition) is 3. The summed E-state index contributed by atoms with van der Waals surface area (Å²) in [6.45, 7) is 3.83. The number of fused-ring (bicyclic) bond motifs is 1. The monoisotopic (exact) mass is 307 g/mol. The molecule has 2 aliphatic rings. The van der Waals surface area contributed by atoms with Gasteiger partial charge in [0.1, 0.15) is 0 Å². The van der Waals surface area contributed by atoms with Crippen molar-refractivity contribution in [3.05, 3.63) is 28.8 Å². The molecule has 0 aromatic heterocycles. The Kier molecular flexibility index (Phi) is 4.09. The third-order valence-electron chi connectivity index (χ3n) is 4.82. The zero-order valence-electron chi connectivity index (χ0n) is 12.5. The number of carbonyl (C=O) groups excluding carboxylic acids is 1. The van der Waals surface area contributed by atoms with E-state index in [9.17, 15) is 4.79 Å². The van der Waals surface area contributed by atoms with Crippen molar-refractivity contribution in [1.29, 1.82) is 0 Å². The van der Waals surface area contributed by atoms with Crippen LogP contribution in [-0.4, -0.2) is 32.1 Å². The van der Waals surface area contributed by atoms with Gasteiger partial charge in [0, 0.05) is 29.8 Å². The summed E-state index contributed by atoms with van der Waals surface area (Å²) < 4.78 is 0. The largest absolute Gasteiger partial charge is 0.366 e. The second kappa shape index (κ2) is 5.85. The maximum Gasteiger partial charge on any atom is 0.225 e. The SMILES string of the molecule is CNC(C)c1ccc(N2CCCC3C(=O)NCC32)cc1Cl. The fraction of sp³-hybridized carbons (Fsp3) is 0.562. The van der Waals surface area contributed by atoms with Gasteiger partial charge in [-0.15, -0.1) is 0 Å². The molecule has 21 heavy (non-hydrogen) atoms. The van der Waals surface area contributed by atoms with Gasteiger partial charge in [0.25, 0.3) is 0 Å². The lowest BCUT2D eigenvalue weighted by Gasteiger charge is -2.38. The number of nitrogens with one attached hydrogen (secondary N) is 2. The van der Waals surface area contributed by atoms with E-state index >= 15 is 0 Å². The summed E-state index contributed by atoms with van der Waals surface area (Å²) in [5.74, 6) is 0.338. The highest BCUT2D eigenvalue weighted by Gasteiger charge is 2.40. The van der Waals surface area contributed by atoms with Gasteiger partial charge in [-0.25, -0.2) is 0 Å². The average Bonchev–Trinajstić information content (AvgIpc) is 2.88. The molecule has 3 unspecified atom stereocenters. The molecule has 2 N–H and O–H groups in total. The molecule has 0 spiro atoms. The number of rotatable bonds is 3. The van der Waals surface area contributed by atoms with E-state index in [0.29, 0.717) is 0 Å². The maximum atomic E-state index is 11.9. The number of halogens is 1. The minimum atomic E-state index is 0.133. The summed E-state index contributed by atoms with van der Waals surface area (Å²) >= 11 is 6.44. The third kappa shape index (κ3) is 2.62. The summed E-state index contributed by atoms with van der Waals surface area (Å²) in [5, 5.41) is 6.99. The molecule has 2 heterocycles. The number of benzene rings is 1. The van der Waals surface area contributed by atoms with Gasteiger partial charge in [-0.3, -0.25) is 4.79 Å². The van der Waals surface area contributed by atoms with Gasteiger partial charge in [-0.1, -0.05) is 17.7 Å². The van der Waals surface area contributed by atoms with Crippen molar-refractivity contribution in [2.75, 3.05) is 25.0 Å².